The van der Waals surface area contributed by atoms with Crippen molar-refractivity contribution in [3.63, 3.8) is 0 Å². The van der Waals surface area contributed by atoms with E-state index in [0.29, 0.717) is 10.3 Å². The van der Waals surface area contributed by atoms with Crippen molar-refractivity contribution in [3.05, 3.63) is 52.7 Å². The average Bonchev–Trinajstić information content (AvgIpc) is 2.73. The van der Waals surface area contributed by atoms with E-state index in [2.05, 4.69) is 14.8 Å². The zero-order valence-electron chi connectivity index (χ0n) is 10.2. The molecule has 2 aromatic heterocycles. The van der Waals surface area contributed by atoms with E-state index in [1.807, 2.05) is 41.9 Å². The first kappa shape index (κ1) is 11.6. The normalized spacial score (nSPS) is 10.5. The fourth-order valence-electron chi connectivity index (χ4n) is 2.31. The number of aromatic amines is 1. The first-order chi connectivity index (χ1) is 9.24. The number of H-pyrrole nitrogens is 1. The molecule has 1 N–H and O–H groups in total. The number of hydrogen-bond donors (Lipinski definition) is 1. The van der Waals surface area contributed by atoms with E-state index in [9.17, 15) is 0 Å². The van der Waals surface area contributed by atoms with Gasteiger partial charge in [-0.2, -0.15) is 0 Å². The Kier molecular flexibility index (Phi) is 2.65. The lowest BCUT2D eigenvalue weighted by molar-refractivity contribution is 0.969. The van der Waals surface area contributed by atoms with E-state index in [-0.39, 0.29) is 0 Å². The fraction of sp³-hybridized carbons (Fsp3) is 0.0714. The van der Waals surface area contributed by atoms with Crippen LogP contribution in [0.3, 0.4) is 0 Å². The van der Waals surface area contributed by atoms with Gasteiger partial charge in [0.05, 0.1) is 29.6 Å². The van der Waals surface area contributed by atoms with Crippen LogP contribution >= 0.6 is 12.2 Å². The molecule has 1 aromatic carbocycles. The molecular weight excluding hydrogens is 256 g/mol. The van der Waals surface area contributed by atoms with Crippen LogP contribution in [-0.2, 0) is 7.05 Å². The Morgan fingerprint density at radius 2 is 2.05 bits per heavy atom. The number of nitrogens with one attached hydrogen (secondary N) is 1. The summed E-state index contributed by atoms with van der Waals surface area (Å²) >= 11 is 5.26. The highest BCUT2D eigenvalue weighted by molar-refractivity contribution is 7.71. The smallest absolute Gasteiger partial charge is 0.235 e. The quantitative estimate of drug-likeness (QED) is 0.536. The van der Waals surface area contributed by atoms with Crippen molar-refractivity contribution in [1.29, 1.82) is 0 Å². The molecule has 0 saturated heterocycles. The highest BCUT2D eigenvalue weighted by atomic mass is 32.1. The number of hydrogen-bond acceptors (Lipinski definition) is 2. The molecule has 0 amide bonds. The molecule has 0 unspecified atom stereocenters. The maximum atomic E-state index is 7.44. The topological polar surface area (TPSA) is 38.0 Å². The van der Waals surface area contributed by atoms with Gasteiger partial charge in [0.2, 0.25) is 5.69 Å². The Hall–Kier alpha value is -2.45. The summed E-state index contributed by atoms with van der Waals surface area (Å²) in [4.78, 5) is 10.8. The number of benzene rings is 1. The van der Waals surface area contributed by atoms with Crippen LogP contribution in [0, 0.1) is 11.2 Å². The Labute approximate surface area is 115 Å². The first-order valence-corrected chi connectivity index (χ1v) is 6.14. The second-order valence-electron chi connectivity index (χ2n) is 4.17. The van der Waals surface area contributed by atoms with E-state index in [1.165, 1.54) is 6.33 Å². The predicted molar refractivity (Wildman–Crippen MR) is 77.6 cm³/mol. The lowest BCUT2D eigenvalue weighted by atomic mass is 10.1. The van der Waals surface area contributed by atoms with Crippen LogP contribution in [0.25, 0.3) is 27.1 Å². The van der Waals surface area contributed by atoms with Crippen molar-refractivity contribution < 1.29 is 0 Å². The first-order valence-electron chi connectivity index (χ1n) is 5.73. The number of rotatable bonds is 1. The summed E-state index contributed by atoms with van der Waals surface area (Å²) in [5.41, 5.74) is 3.98. The Morgan fingerprint density at radius 3 is 2.74 bits per heavy atom. The zero-order chi connectivity index (χ0) is 13.4. The molecule has 0 aliphatic heterocycles. The summed E-state index contributed by atoms with van der Waals surface area (Å²) in [6.45, 7) is 7.44. The van der Waals surface area contributed by atoms with Gasteiger partial charge in [-0.05, 0) is 5.56 Å². The molecule has 3 aromatic rings. The van der Waals surface area contributed by atoms with Gasteiger partial charge in [0.1, 0.15) is 0 Å². The monoisotopic (exact) mass is 266 g/mol. The third-order valence-electron chi connectivity index (χ3n) is 3.12. The van der Waals surface area contributed by atoms with E-state index >= 15 is 0 Å². The molecule has 92 valence electrons. The number of fused-ring (bicyclic) bond motifs is 1. The van der Waals surface area contributed by atoms with E-state index in [4.69, 9.17) is 18.8 Å². The molecule has 4 nitrogen and oxygen atoms in total. The molecule has 5 heteroatoms. The maximum Gasteiger partial charge on any atom is 0.235 e. The number of aromatic nitrogens is 3. The minimum Gasteiger partial charge on any atom is -0.354 e. The Morgan fingerprint density at radius 1 is 1.32 bits per heavy atom. The third kappa shape index (κ3) is 1.65. The van der Waals surface area contributed by atoms with Gasteiger partial charge in [0.25, 0.3) is 0 Å². The van der Waals surface area contributed by atoms with Crippen LogP contribution in [0.5, 0.6) is 0 Å². The highest BCUT2D eigenvalue weighted by Gasteiger charge is 2.18. The summed E-state index contributed by atoms with van der Waals surface area (Å²) in [5.74, 6) is 0. The molecule has 0 saturated carbocycles. The van der Waals surface area contributed by atoms with Crippen molar-refractivity contribution >= 4 is 28.9 Å². The molecule has 3 rings (SSSR count). The van der Waals surface area contributed by atoms with Crippen molar-refractivity contribution in [2.24, 2.45) is 7.05 Å². The third-order valence-corrected chi connectivity index (χ3v) is 3.42. The molecule has 2 heterocycles. The van der Waals surface area contributed by atoms with E-state index in [0.717, 1.165) is 22.3 Å². The van der Waals surface area contributed by atoms with Crippen LogP contribution in [0.4, 0.5) is 5.69 Å². The summed E-state index contributed by atoms with van der Waals surface area (Å²) in [6.07, 6.45) is 1.54. The Bertz CT molecular complexity index is 853. The van der Waals surface area contributed by atoms with E-state index < -0.39 is 0 Å². The minimum absolute atomic E-state index is 0.503. The second kappa shape index (κ2) is 4.34. The van der Waals surface area contributed by atoms with Gasteiger partial charge >= 0.3 is 0 Å². The van der Waals surface area contributed by atoms with Crippen LogP contribution in [0.15, 0.2) is 36.7 Å². The predicted octanol–water partition coefficient (Wildman–Crippen LogP) is 3.85. The van der Waals surface area contributed by atoms with Crippen molar-refractivity contribution in [2.45, 2.75) is 0 Å². The largest absolute Gasteiger partial charge is 0.354 e. The molecule has 19 heavy (non-hydrogen) atoms. The van der Waals surface area contributed by atoms with Crippen molar-refractivity contribution in [1.82, 2.24) is 14.5 Å². The molecule has 0 radical (unpaired) electrons. The van der Waals surface area contributed by atoms with E-state index in [1.54, 1.807) is 0 Å². The molecule has 0 atom stereocenters. The van der Waals surface area contributed by atoms with Gasteiger partial charge in [-0.15, -0.1) is 0 Å². The summed E-state index contributed by atoms with van der Waals surface area (Å²) in [7, 11) is 1.91. The number of nitrogens with zero attached hydrogens (tertiary/aromatic N) is 3. The standard InChI is InChI=1S/C14H10N4S/c1-15-10-11-13(14(19)17-8-16-11)18(2)12(10)9-6-4-3-5-7-9/h3-8H,2H3,(H,16,17,19). The van der Waals surface area contributed by atoms with Gasteiger partial charge in [0.15, 0.2) is 4.64 Å². The van der Waals surface area contributed by atoms with Gasteiger partial charge in [-0.25, -0.2) is 9.83 Å². The summed E-state index contributed by atoms with van der Waals surface area (Å²) < 4.78 is 2.44. The van der Waals surface area contributed by atoms with Gasteiger partial charge in [0, 0.05) is 7.05 Å². The van der Waals surface area contributed by atoms with Gasteiger partial charge < -0.3 is 9.55 Å². The van der Waals surface area contributed by atoms with Crippen LogP contribution in [0.1, 0.15) is 0 Å². The Balaban J connectivity index is 2.51. The highest BCUT2D eigenvalue weighted by Crippen LogP contribution is 2.38. The van der Waals surface area contributed by atoms with Crippen LogP contribution in [0.2, 0.25) is 0 Å². The fourth-order valence-corrected chi connectivity index (χ4v) is 2.60. The lowest BCUT2D eigenvalue weighted by Gasteiger charge is -2.04. The lowest BCUT2D eigenvalue weighted by Crippen LogP contribution is -1.92. The van der Waals surface area contributed by atoms with Crippen LogP contribution < -0.4 is 0 Å². The molecular formula is C14H10N4S. The van der Waals surface area contributed by atoms with Crippen molar-refractivity contribution in [2.75, 3.05) is 0 Å². The molecule has 0 fully saturated rings. The summed E-state index contributed by atoms with van der Waals surface area (Å²) in [6, 6.07) is 9.84. The summed E-state index contributed by atoms with van der Waals surface area (Å²) in [5, 5.41) is 0. The molecule has 0 aliphatic rings. The SMILES string of the molecule is [C-]#[N+]c1c(-c2ccccc2)n(C)c2c(=S)nc[nH]c12. The van der Waals surface area contributed by atoms with Crippen LogP contribution in [-0.4, -0.2) is 14.5 Å². The molecule has 0 bridgehead atoms. The molecule has 0 aliphatic carbocycles. The second-order valence-corrected chi connectivity index (χ2v) is 4.55. The molecule has 0 spiro atoms. The van der Waals surface area contributed by atoms with Crippen molar-refractivity contribution in [3.8, 4) is 11.3 Å². The van der Waals surface area contributed by atoms with Gasteiger partial charge in [-0.1, -0.05) is 42.5 Å². The maximum absolute atomic E-state index is 7.44. The number of aryl methyl sites for hydroxylation is 1. The zero-order valence-corrected chi connectivity index (χ0v) is 11.0. The van der Waals surface area contributed by atoms with Gasteiger partial charge in [-0.3, -0.25) is 0 Å². The average molecular weight is 266 g/mol. The minimum atomic E-state index is 0.503.